The molecule has 1 N–H and O–H groups in total. The summed E-state index contributed by atoms with van der Waals surface area (Å²) in [6, 6.07) is 16.3. The molecule has 2 atom stereocenters. The van der Waals surface area contributed by atoms with Gasteiger partial charge in [-0.2, -0.15) is 0 Å². The van der Waals surface area contributed by atoms with E-state index in [1.807, 2.05) is 0 Å². The molecular weight excluding hydrogens is 230 g/mol. The van der Waals surface area contributed by atoms with Crippen LogP contribution < -0.4 is 5.32 Å². The largest absolute Gasteiger partial charge is 0.317 e. The molecule has 0 bridgehead atoms. The van der Waals surface area contributed by atoms with Crippen molar-refractivity contribution >= 4 is 10.8 Å². The Hall–Kier alpha value is -1.34. The summed E-state index contributed by atoms with van der Waals surface area (Å²) in [5.74, 6) is 0.714. The second-order valence-corrected chi connectivity index (χ2v) is 5.77. The molecule has 0 saturated heterocycles. The third-order valence-electron chi connectivity index (χ3n) is 4.60. The molecule has 2 aromatic rings. The van der Waals surface area contributed by atoms with Gasteiger partial charge in [-0.25, -0.2) is 0 Å². The maximum atomic E-state index is 3.49. The zero-order valence-corrected chi connectivity index (χ0v) is 11.7. The normalized spacial score (nSPS) is 24.3. The highest BCUT2D eigenvalue weighted by Gasteiger charge is 2.21. The van der Waals surface area contributed by atoms with Crippen LogP contribution in [0.1, 0.15) is 43.6 Å². The van der Waals surface area contributed by atoms with Gasteiger partial charge in [0.1, 0.15) is 0 Å². The predicted molar refractivity (Wildman–Crippen MR) is 82.6 cm³/mol. The summed E-state index contributed by atoms with van der Waals surface area (Å²) in [4.78, 5) is 0. The van der Waals surface area contributed by atoms with E-state index in [1.54, 1.807) is 5.56 Å². The first-order valence-corrected chi connectivity index (χ1v) is 7.53. The van der Waals surface area contributed by atoms with E-state index >= 15 is 0 Å². The Balaban J connectivity index is 1.98. The van der Waals surface area contributed by atoms with Crippen LogP contribution in [-0.4, -0.2) is 13.1 Å². The quantitative estimate of drug-likeness (QED) is 0.778. The molecule has 1 aliphatic carbocycles. The molecule has 2 aromatic carbocycles. The molecule has 19 heavy (non-hydrogen) atoms. The third-order valence-corrected chi connectivity index (χ3v) is 4.60. The Kier molecular flexibility index (Phi) is 3.84. The number of hydrogen-bond donors (Lipinski definition) is 1. The number of benzene rings is 2. The van der Waals surface area contributed by atoms with E-state index in [9.17, 15) is 0 Å². The van der Waals surface area contributed by atoms with E-state index in [0.717, 1.165) is 0 Å². The highest BCUT2D eigenvalue weighted by molar-refractivity contribution is 5.86. The van der Waals surface area contributed by atoms with Gasteiger partial charge in [0, 0.05) is 6.04 Å². The molecule has 1 nitrogen and oxygen atoms in total. The molecule has 1 heteroatoms. The fraction of sp³-hybridized carbons (Fsp3) is 0.444. The fourth-order valence-corrected chi connectivity index (χ4v) is 3.51. The molecule has 0 spiro atoms. The topological polar surface area (TPSA) is 12.0 Å². The zero-order chi connectivity index (χ0) is 13.1. The summed E-state index contributed by atoms with van der Waals surface area (Å²) in [5.41, 5.74) is 1.56. The van der Waals surface area contributed by atoms with Gasteiger partial charge in [-0.15, -0.1) is 0 Å². The van der Waals surface area contributed by atoms with Crippen molar-refractivity contribution in [2.24, 2.45) is 0 Å². The van der Waals surface area contributed by atoms with E-state index in [1.165, 1.54) is 42.9 Å². The first-order chi connectivity index (χ1) is 9.38. The maximum Gasteiger partial charge on any atom is 0.00698 e. The lowest BCUT2D eigenvalue weighted by Gasteiger charge is -2.21. The second-order valence-electron chi connectivity index (χ2n) is 5.77. The minimum absolute atomic E-state index is 0.687. The van der Waals surface area contributed by atoms with Crippen LogP contribution in [0.25, 0.3) is 10.8 Å². The smallest absolute Gasteiger partial charge is 0.00698 e. The van der Waals surface area contributed by atoms with Crippen molar-refractivity contribution < 1.29 is 0 Å². The number of rotatable bonds is 2. The van der Waals surface area contributed by atoms with Gasteiger partial charge in [-0.1, -0.05) is 55.3 Å². The zero-order valence-electron chi connectivity index (χ0n) is 11.7. The van der Waals surface area contributed by atoms with Gasteiger partial charge >= 0.3 is 0 Å². The Morgan fingerprint density at radius 3 is 2.63 bits per heavy atom. The van der Waals surface area contributed by atoms with Crippen LogP contribution in [0.15, 0.2) is 42.5 Å². The van der Waals surface area contributed by atoms with Gasteiger partial charge in [0.05, 0.1) is 0 Å². The summed E-state index contributed by atoms with van der Waals surface area (Å²) in [6.45, 7) is 0. The van der Waals surface area contributed by atoms with Gasteiger partial charge < -0.3 is 5.32 Å². The van der Waals surface area contributed by atoms with Crippen LogP contribution >= 0.6 is 0 Å². The van der Waals surface area contributed by atoms with Crippen molar-refractivity contribution in [1.29, 1.82) is 0 Å². The molecule has 0 amide bonds. The van der Waals surface area contributed by atoms with Crippen LogP contribution in [0, 0.1) is 0 Å². The molecule has 0 aromatic heterocycles. The van der Waals surface area contributed by atoms with Crippen LogP contribution in [0.4, 0.5) is 0 Å². The first-order valence-electron chi connectivity index (χ1n) is 7.53. The molecule has 100 valence electrons. The summed E-state index contributed by atoms with van der Waals surface area (Å²) in [7, 11) is 2.11. The van der Waals surface area contributed by atoms with Crippen LogP contribution in [0.3, 0.4) is 0 Å². The highest BCUT2D eigenvalue weighted by Crippen LogP contribution is 2.35. The Morgan fingerprint density at radius 1 is 0.947 bits per heavy atom. The van der Waals surface area contributed by atoms with Crippen molar-refractivity contribution in [1.82, 2.24) is 5.32 Å². The lowest BCUT2D eigenvalue weighted by atomic mass is 9.87. The summed E-state index contributed by atoms with van der Waals surface area (Å²) in [6.07, 6.45) is 6.69. The van der Waals surface area contributed by atoms with Gasteiger partial charge in [0.2, 0.25) is 0 Å². The Morgan fingerprint density at radius 2 is 1.74 bits per heavy atom. The van der Waals surface area contributed by atoms with E-state index in [2.05, 4.69) is 54.8 Å². The summed E-state index contributed by atoms with van der Waals surface area (Å²) < 4.78 is 0. The lowest BCUT2D eigenvalue weighted by Crippen LogP contribution is -2.25. The molecule has 0 heterocycles. The second kappa shape index (κ2) is 5.75. The SMILES string of the molecule is CNC1CCCCC(c2cccc3ccccc23)C1. The average molecular weight is 253 g/mol. The highest BCUT2D eigenvalue weighted by atomic mass is 14.9. The van der Waals surface area contributed by atoms with Crippen molar-refractivity contribution in [2.75, 3.05) is 7.05 Å². The first kappa shape index (κ1) is 12.7. The summed E-state index contributed by atoms with van der Waals surface area (Å²) >= 11 is 0. The van der Waals surface area contributed by atoms with Gasteiger partial charge in [-0.05, 0) is 48.6 Å². The Labute approximate surface area is 116 Å². The average Bonchev–Trinajstić information content (AvgIpc) is 2.72. The van der Waals surface area contributed by atoms with Gasteiger partial charge in [0.25, 0.3) is 0 Å². The number of nitrogens with one attached hydrogen (secondary N) is 1. The molecule has 1 fully saturated rings. The van der Waals surface area contributed by atoms with E-state index < -0.39 is 0 Å². The molecule has 1 aliphatic rings. The number of fused-ring (bicyclic) bond motifs is 1. The minimum Gasteiger partial charge on any atom is -0.317 e. The monoisotopic (exact) mass is 253 g/mol. The van der Waals surface area contributed by atoms with E-state index in [-0.39, 0.29) is 0 Å². The summed E-state index contributed by atoms with van der Waals surface area (Å²) in [5, 5.41) is 6.32. The standard InChI is InChI=1S/C18H23N/c1-19-16-10-4-2-8-15(13-16)18-12-6-9-14-7-3-5-11-17(14)18/h3,5-7,9,11-12,15-16,19H,2,4,8,10,13H2,1H3. The minimum atomic E-state index is 0.687. The molecule has 0 radical (unpaired) electrons. The van der Waals surface area contributed by atoms with Crippen LogP contribution in [0.2, 0.25) is 0 Å². The van der Waals surface area contributed by atoms with Crippen molar-refractivity contribution in [3.63, 3.8) is 0 Å². The molecule has 3 rings (SSSR count). The van der Waals surface area contributed by atoms with Gasteiger partial charge in [-0.3, -0.25) is 0 Å². The number of hydrogen-bond acceptors (Lipinski definition) is 1. The maximum absolute atomic E-state index is 3.49. The van der Waals surface area contributed by atoms with Crippen LogP contribution in [0.5, 0.6) is 0 Å². The van der Waals surface area contributed by atoms with Crippen LogP contribution in [-0.2, 0) is 0 Å². The van der Waals surface area contributed by atoms with Gasteiger partial charge in [0.15, 0.2) is 0 Å². The lowest BCUT2D eigenvalue weighted by molar-refractivity contribution is 0.472. The predicted octanol–water partition coefficient (Wildman–Crippen LogP) is 4.48. The molecular formula is C18H23N. The van der Waals surface area contributed by atoms with Crippen molar-refractivity contribution in [3.05, 3.63) is 48.0 Å². The Bertz CT molecular complexity index is 541. The molecule has 0 aliphatic heterocycles. The van der Waals surface area contributed by atoms with E-state index in [4.69, 9.17) is 0 Å². The molecule has 1 saturated carbocycles. The fourth-order valence-electron chi connectivity index (χ4n) is 3.51. The third kappa shape index (κ3) is 2.66. The molecule has 2 unspecified atom stereocenters. The van der Waals surface area contributed by atoms with Crippen molar-refractivity contribution in [2.45, 2.75) is 44.1 Å². The van der Waals surface area contributed by atoms with E-state index in [0.29, 0.717) is 12.0 Å². The van der Waals surface area contributed by atoms with Crippen molar-refractivity contribution in [3.8, 4) is 0 Å².